The summed E-state index contributed by atoms with van der Waals surface area (Å²) in [5, 5.41) is 8.64. The maximum Gasteiger partial charge on any atom is 0.142 e. The smallest absolute Gasteiger partial charge is 0.142 e. The van der Waals surface area contributed by atoms with Crippen molar-refractivity contribution in [3.8, 4) is 0 Å². The normalized spacial score (nSPS) is 28.2. The number of nitrogens with one attached hydrogen (secondary N) is 1. The van der Waals surface area contributed by atoms with E-state index in [1.165, 1.54) is 16.7 Å². The van der Waals surface area contributed by atoms with Gasteiger partial charge in [-0.2, -0.15) is 0 Å². The van der Waals surface area contributed by atoms with E-state index in [1.54, 1.807) is 0 Å². The van der Waals surface area contributed by atoms with Crippen LogP contribution in [0.25, 0.3) is 0 Å². The molecule has 36 heavy (non-hydrogen) atoms. The number of Topliss-reactive ketones (excluding diaryl/α,β-unsaturated/α-hetero) is 2. The van der Waals surface area contributed by atoms with E-state index >= 15 is 0 Å². The maximum atomic E-state index is 13.2. The van der Waals surface area contributed by atoms with Gasteiger partial charge in [0.1, 0.15) is 11.6 Å². The molecule has 3 heteroatoms. The van der Waals surface area contributed by atoms with Crippen LogP contribution in [0.15, 0.2) is 54.6 Å². The number of hydrogen-bond acceptors (Lipinski definition) is 3. The van der Waals surface area contributed by atoms with E-state index in [1.807, 2.05) is 6.07 Å². The first-order valence-corrected chi connectivity index (χ1v) is 13.9. The van der Waals surface area contributed by atoms with Gasteiger partial charge in [0.05, 0.1) is 5.92 Å². The summed E-state index contributed by atoms with van der Waals surface area (Å²) in [6.07, 6.45) is 6.40. The molecule has 192 valence electrons. The number of ketones is 2. The molecule has 5 atom stereocenters. The van der Waals surface area contributed by atoms with Crippen LogP contribution < -0.4 is 0 Å². The van der Waals surface area contributed by atoms with Crippen LogP contribution in [0.1, 0.15) is 101 Å². The van der Waals surface area contributed by atoms with E-state index < -0.39 is 0 Å². The van der Waals surface area contributed by atoms with E-state index in [0.29, 0.717) is 42.6 Å². The first kappa shape index (κ1) is 26.5. The van der Waals surface area contributed by atoms with Gasteiger partial charge in [0.25, 0.3) is 0 Å². The van der Waals surface area contributed by atoms with Crippen molar-refractivity contribution in [1.29, 1.82) is 5.41 Å². The summed E-state index contributed by atoms with van der Waals surface area (Å²) in [6, 6.07) is 19.1. The molecule has 2 fully saturated rings. The molecule has 0 aliphatic heterocycles. The molecular weight excluding hydrogens is 442 g/mol. The number of hydrogen-bond donors (Lipinski definition) is 1. The van der Waals surface area contributed by atoms with Crippen molar-refractivity contribution in [3.05, 3.63) is 71.3 Å². The molecule has 2 unspecified atom stereocenters. The molecule has 0 radical (unpaired) electrons. The van der Waals surface area contributed by atoms with Crippen molar-refractivity contribution in [2.75, 3.05) is 0 Å². The summed E-state index contributed by atoms with van der Waals surface area (Å²) < 4.78 is 0. The lowest BCUT2D eigenvalue weighted by Crippen LogP contribution is -2.28. The van der Waals surface area contributed by atoms with Crippen LogP contribution in [0.3, 0.4) is 0 Å². The predicted molar refractivity (Wildman–Crippen MR) is 148 cm³/mol. The number of carbonyl (C=O) groups excluding carboxylic acids is 2. The average Bonchev–Trinajstić information content (AvgIpc) is 2.97. The topological polar surface area (TPSA) is 58.0 Å². The van der Waals surface area contributed by atoms with Crippen molar-refractivity contribution >= 4 is 17.3 Å². The van der Waals surface area contributed by atoms with Crippen LogP contribution in [0, 0.1) is 28.6 Å². The minimum Gasteiger partial charge on any atom is -0.309 e. The van der Waals surface area contributed by atoms with Gasteiger partial charge in [0.15, 0.2) is 0 Å². The summed E-state index contributed by atoms with van der Waals surface area (Å²) in [5.41, 5.74) is 4.33. The van der Waals surface area contributed by atoms with E-state index in [4.69, 9.17) is 5.41 Å². The molecule has 2 aliphatic rings. The second kappa shape index (κ2) is 11.2. The van der Waals surface area contributed by atoms with Gasteiger partial charge >= 0.3 is 0 Å². The largest absolute Gasteiger partial charge is 0.309 e. The van der Waals surface area contributed by atoms with Crippen LogP contribution in [0.2, 0.25) is 0 Å². The minimum absolute atomic E-state index is 0.00661. The van der Waals surface area contributed by atoms with Crippen LogP contribution in [-0.4, -0.2) is 17.3 Å². The van der Waals surface area contributed by atoms with Crippen LogP contribution in [0.4, 0.5) is 0 Å². The molecule has 0 aromatic heterocycles. The Labute approximate surface area is 217 Å². The Morgan fingerprint density at radius 3 is 2.42 bits per heavy atom. The average molecular weight is 486 g/mol. The third kappa shape index (κ3) is 6.05. The Morgan fingerprint density at radius 2 is 1.72 bits per heavy atom. The van der Waals surface area contributed by atoms with Gasteiger partial charge in [-0.3, -0.25) is 9.59 Å². The highest BCUT2D eigenvalue weighted by Gasteiger charge is 2.39. The van der Waals surface area contributed by atoms with Gasteiger partial charge in [0, 0.05) is 24.5 Å². The fraction of sp³-hybridized carbons (Fsp3) is 0.545. The number of rotatable bonds is 7. The van der Waals surface area contributed by atoms with Gasteiger partial charge in [-0.05, 0) is 78.4 Å². The van der Waals surface area contributed by atoms with Crippen molar-refractivity contribution in [1.82, 2.24) is 0 Å². The molecule has 0 saturated heterocycles. The summed E-state index contributed by atoms with van der Waals surface area (Å²) in [5.74, 6) is 1.46. The highest BCUT2D eigenvalue weighted by Crippen LogP contribution is 2.42. The molecule has 2 aliphatic carbocycles. The lowest BCUT2D eigenvalue weighted by molar-refractivity contribution is -0.125. The lowest BCUT2D eigenvalue weighted by Gasteiger charge is -2.31. The molecule has 0 bridgehead atoms. The monoisotopic (exact) mass is 485 g/mol. The first-order valence-electron chi connectivity index (χ1n) is 13.9. The second-order valence-corrected chi connectivity index (χ2v) is 12.2. The van der Waals surface area contributed by atoms with Gasteiger partial charge in [-0.1, -0.05) is 82.3 Å². The van der Waals surface area contributed by atoms with Crippen molar-refractivity contribution in [2.45, 2.75) is 90.9 Å². The maximum absolute atomic E-state index is 13.2. The highest BCUT2D eigenvalue weighted by molar-refractivity contribution is 6.04. The zero-order chi connectivity index (χ0) is 25.9. The van der Waals surface area contributed by atoms with Gasteiger partial charge < -0.3 is 5.41 Å². The summed E-state index contributed by atoms with van der Waals surface area (Å²) in [4.78, 5) is 26.2. The van der Waals surface area contributed by atoms with Crippen molar-refractivity contribution in [3.63, 3.8) is 0 Å². The molecule has 0 heterocycles. The Balaban J connectivity index is 1.39. The Bertz CT molecular complexity index is 1090. The lowest BCUT2D eigenvalue weighted by atomic mass is 9.72. The van der Waals surface area contributed by atoms with Gasteiger partial charge in [0.2, 0.25) is 0 Å². The molecule has 3 nitrogen and oxygen atoms in total. The Hall–Kier alpha value is -2.55. The highest BCUT2D eigenvalue weighted by atomic mass is 16.1. The van der Waals surface area contributed by atoms with Crippen LogP contribution in [-0.2, 0) is 16.0 Å². The van der Waals surface area contributed by atoms with Crippen molar-refractivity contribution < 1.29 is 9.59 Å². The SMILES string of the molecule is CC(C)[C@@]1(C)CCC(=N)C(C[C@@H](C)c2cccc(CC3CC[C@H](c4ccccc4)CC3=O)c2)C(=O)C1. The Morgan fingerprint density at radius 1 is 0.972 bits per heavy atom. The second-order valence-electron chi connectivity index (χ2n) is 12.2. The first-order chi connectivity index (χ1) is 17.2. The van der Waals surface area contributed by atoms with Gasteiger partial charge in [-0.15, -0.1) is 0 Å². The van der Waals surface area contributed by atoms with Gasteiger partial charge in [-0.25, -0.2) is 0 Å². The predicted octanol–water partition coefficient (Wildman–Crippen LogP) is 7.93. The molecule has 2 aromatic carbocycles. The van der Waals surface area contributed by atoms with Crippen LogP contribution in [0.5, 0.6) is 0 Å². The quantitative estimate of drug-likeness (QED) is 0.405. The molecule has 0 spiro atoms. The third-order valence-corrected chi connectivity index (χ3v) is 9.38. The molecule has 4 rings (SSSR count). The number of carbonyl (C=O) groups is 2. The Kier molecular flexibility index (Phi) is 8.27. The summed E-state index contributed by atoms with van der Waals surface area (Å²) in [7, 11) is 0. The fourth-order valence-corrected chi connectivity index (χ4v) is 6.27. The third-order valence-electron chi connectivity index (χ3n) is 9.38. The summed E-state index contributed by atoms with van der Waals surface area (Å²) in [6.45, 7) is 8.80. The molecule has 2 saturated carbocycles. The van der Waals surface area contributed by atoms with E-state index in [9.17, 15) is 9.59 Å². The molecular formula is C33H43NO2. The fourth-order valence-electron chi connectivity index (χ4n) is 6.27. The standard InChI is InChI=1S/C33H43NO2/c1-22(2)33(4)16-15-30(34)29(32(36)21-33)17-23(3)26-12-8-9-24(18-26)19-28-14-13-27(20-31(28)35)25-10-6-5-7-11-25/h5-12,18,22-23,27-29,34H,13-17,19-21H2,1-4H3/t23-,27+,28?,29?,33+/m1/s1. The zero-order valence-electron chi connectivity index (χ0n) is 22.6. The number of benzene rings is 2. The molecule has 1 N–H and O–H groups in total. The molecule has 2 aromatic rings. The van der Waals surface area contributed by atoms with E-state index in [-0.39, 0.29) is 29.0 Å². The van der Waals surface area contributed by atoms with Crippen LogP contribution >= 0.6 is 0 Å². The molecule has 0 amide bonds. The van der Waals surface area contributed by atoms with Crippen molar-refractivity contribution in [2.24, 2.45) is 23.2 Å². The minimum atomic E-state index is -0.265. The zero-order valence-corrected chi connectivity index (χ0v) is 22.6. The van der Waals surface area contributed by atoms with E-state index in [0.717, 1.165) is 32.1 Å². The summed E-state index contributed by atoms with van der Waals surface area (Å²) >= 11 is 0. The van der Waals surface area contributed by atoms with E-state index in [2.05, 4.69) is 76.2 Å².